The number of benzene rings is 1. The molecule has 1 aromatic carbocycles. The summed E-state index contributed by atoms with van der Waals surface area (Å²) in [6.45, 7) is 0. The molecular weight excluding hydrogens is 306 g/mol. The fraction of sp³-hybridized carbons (Fsp3) is 0.143. The van der Waals surface area contributed by atoms with Gasteiger partial charge in [-0.2, -0.15) is 5.26 Å². The van der Waals surface area contributed by atoms with Gasteiger partial charge in [-0.15, -0.1) is 0 Å². The van der Waals surface area contributed by atoms with Crippen LogP contribution in [-0.2, 0) is 0 Å². The predicted molar refractivity (Wildman–Crippen MR) is 82.5 cm³/mol. The van der Waals surface area contributed by atoms with Crippen LogP contribution in [0.4, 0.5) is 0 Å². The molecule has 0 saturated heterocycles. The number of nitrogens with two attached hydrogens (primary N) is 1. The number of nitriles is 1. The molecule has 1 aromatic heterocycles. The van der Waals surface area contributed by atoms with Gasteiger partial charge >= 0.3 is 4.87 Å². The number of H-pyrrole nitrogens is 1. The first-order valence-electron chi connectivity index (χ1n) is 6.08. The van der Waals surface area contributed by atoms with Gasteiger partial charge in [-0.05, 0) is 17.7 Å². The summed E-state index contributed by atoms with van der Waals surface area (Å²) in [6, 6.07) is 9.61. The summed E-state index contributed by atoms with van der Waals surface area (Å²) in [5.41, 5.74) is 7.36. The molecule has 3 rings (SSSR count). The Bertz CT molecular complexity index is 812. The van der Waals surface area contributed by atoms with Gasteiger partial charge in [-0.3, -0.25) is 4.79 Å². The number of rotatable bonds is 2. The van der Waals surface area contributed by atoms with Crippen LogP contribution in [0, 0.1) is 11.3 Å². The van der Waals surface area contributed by atoms with E-state index >= 15 is 0 Å². The Labute approximate surface area is 129 Å². The molecule has 0 fully saturated rings. The summed E-state index contributed by atoms with van der Waals surface area (Å²) < 4.78 is 5.14. The van der Waals surface area contributed by atoms with Crippen molar-refractivity contribution >= 4 is 23.1 Å². The summed E-state index contributed by atoms with van der Waals surface area (Å²) in [5.74, 6) is 0.433. The molecular formula is C14H11N3O2S2. The lowest BCUT2D eigenvalue weighted by atomic mass is 9.91. The van der Waals surface area contributed by atoms with Crippen molar-refractivity contribution in [2.45, 2.75) is 10.9 Å². The van der Waals surface area contributed by atoms with Crippen molar-refractivity contribution < 1.29 is 4.74 Å². The molecule has 5 nitrogen and oxygen atoms in total. The van der Waals surface area contributed by atoms with Crippen molar-refractivity contribution in [3.63, 3.8) is 0 Å². The molecule has 0 aliphatic carbocycles. The number of nitrogens with zero attached hydrogens (tertiary/aromatic N) is 1. The number of thioether (sulfide) groups is 1. The van der Waals surface area contributed by atoms with Crippen LogP contribution < -0.4 is 15.3 Å². The monoisotopic (exact) mass is 317 g/mol. The summed E-state index contributed by atoms with van der Waals surface area (Å²) in [4.78, 5) is 15.1. The van der Waals surface area contributed by atoms with E-state index in [4.69, 9.17) is 10.5 Å². The van der Waals surface area contributed by atoms with Gasteiger partial charge in [0.05, 0.1) is 39.6 Å². The molecule has 1 aliphatic heterocycles. The van der Waals surface area contributed by atoms with E-state index in [0.717, 1.165) is 32.6 Å². The van der Waals surface area contributed by atoms with Crippen LogP contribution in [0.25, 0.3) is 0 Å². The van der Waals surface area contributed by atoms with Crippen molar-refractivity contribution in [2.75, 3.05) is 7.11 Å². The fourth-order valence-corrected chi connectivity index (χ4v) is 4.30. The topological polar surface area (TPSA) is 91.9 Å². The number of fused-ring (bicyclic) bond motifs is 1. The molecule has 0 saturated carbocycles. The second-order valence-electron chi connectivity index (χ2n) is 4.41. The van der Waals surface area contributed by atoms with Crippen LogP contribution in [-0.4, -0.2) is 12.1 Å². The van der Waals surface area contributed by atoms with E-state index in [1.807, 2.05) is 24.3 Å². The molecule has 3 N–H and O–H groups in total. The van der Waals surface area contributed by atoms with Crippen LogP contribution in [0.5, 0.6) is 5.75 Å². The molecule has 0 bridgehead atoms. The molecule has 1 aliphatic rings. The van der Waals surface area contributed by atoms with Gasteiger partial charge in [0.25, 0.3) is 0 Å². The summed E-state index contributed by atoms with van der Waals surface area (Å²) >= 11 is 2.36. The number of hydrogen-bond acceptors (Lipinski definition) is 6. The van der Waals surface area contributed by atoms with Crippen molar-refractivity contribution in [3.05, 3.63) is 55.0 Å². The van der Waals surface area contributed by atoms with Gasteiger partial charge in [0.1, 0.15) is 5.75 Å². The zero-order valence-corrected chi connectivity index (χ0v) is 12.7. The van der Waals surface area contributed by atoms with Gasteiger partial charge in [0, 0.05) is 0 Å². The van der Waals surface area contributed by atoms with Gasteiger partial charge < -0.3 is 15.5 Å². The average Bonchev–Trinajstić information content (AvgIpc) is 2.85. The highest BCUT2D eigenvalue weighted by Gasteiger charge is 2.31. The summed E-state index contributed by atoms with van der Waals surface area (Å²) in [7, 11) is 1.60. The predicted octanol–water partition coefficient (Wildman–Crippen LogP) is 2.38. The fourth-order valence-electron chi connectivity index (χ4n) is 2.26. The Morgan fingerprint density at radius 2 is 2.10 bits per heavy atom. The Morgan fingerprint density at radius 1 is 1.38 bits per heavy atom. The van der Waals surface area contributed by atoms with E-state index in [2.05, 4.69) is 11.1 Å². The van der Waals surface area contributed by atoms with E-state index in [0.29, 0.717) is 10.6 Å². The third-order valence-electron chi connectivity index (χ3n) is 3.24. The SMILES string of the molecule is COc1ccc([C@@H]2C(C#N)=C(N)Sc3[nH]c(=O)sc32)cc1. The molecule has 1 atom stereocenters. The standard InChI is InChI=1S/C14H11N3O2S2/c1-19-8-4-2-7(3-5-8)10-9(6-15)12(16)21-13-11(10)20-14(18)17-13/h2-5,10H,16H2,1H3,(H,17,18)/t10-/m1/s1. The zero-order chi connectivity index (χ0) is 15.0. The Kier molecular flexibility index (Phi) is 3.49. The third-order valence-corrected chi connectivity index (χ3v) is 5.28. The number of nitrogens with one attached hydrogen (secondary N) is 1. The van der Waals surface area contributed by atoms with Crippen LogP contribution in [0.1, 0.15) is 16.4 Å². The molecule has 2 heterocycles. The molecule has 2 aromatic rings. The Hall–Kier alpha value is -2.17. The number of ether oxygens (including phenoxy) is 1. The minimum atomic E-state index is -0.305. The maximum Gasteiger partial charge on any atom is 0.305 e. The molecule has 21 heavy (non-hydrogen) atoms. The molecule has 0 unspecified atom stereocenters. The number of thiazole rings is 1. The highest BCUT2D eigenvalue weighted by atomic mass is 32.2. The van der Waals surface area contributed by atoms with Crippen molar-refractivity contribution in [3.8, 4) is 11.8 Å². The van der Waals surface area contributed by atoms with Gasteiger partial charge in [0.2, 0.25) is 0 Å². The van der Waals surface area contributed by atoms with Crippen molar-refractivity contribution in [1.29, 1.82) is 5.26 Å². The first kappa shape index (κ1) is 13.8. The highest BCUT2D eigenvalue weighted by molar-refractivity contribution is 8.03. The van der Waals surface area contributed by atoms with Crippen molar-refractivity contribution in [1.82, 2.24) is 4.98 Å². The van der Waals surface area contributed by atoms with Gasteiger partial charge in [-0.1, -0.05) is 35.2 Å². The van der Waals surface area contributed by atoms with Crippen LogP contribution in [0.2, 0.25) is 0 Å². The Balaban J connectivity index is 2.17. The molecule has 0 spiro atoms. The molecule has 0 amide bonds. The number of hydrogen-bond donors (Lipinski definition) is 2. The molecule has 106 valence electrons. The minimum absolute atomic E-state index is 0.141. The maximum atomic E-state index is 11.6. The number of allylic oxidation sites excluding steroid dienone is 1. The third kappa shape index (κ3) is 2.33. The number of methoxy groups -OCH3 is 1. The van der Waals surface area contributed by atoms with Gasteiger partial charge in [0.15, 0.2) is 0 Å². The van der Waals surface area contributed by atoms with Crippen LogP contribution in [0.15, 0.2) is 44.7 Å². The lowest BCUT2D eigenvalue weighted by Gasteiger charge is -2.22. The van der Waals surface area contributed by atoms with Gasteiger partial charge in [-0.25, -0.2) is 0 Å². The number of aromatic amines is 1. The summed E-state index contributed by atoms with van der Waals surface area (Å²) in [5, 5.41) is 10.6. The lowest BCUT2D eigenvalue weighted by molar-refractivity contribution is 0.414. The Morgan fingerprint density at radius 3 is 2.71 bits per heavy atom. The highest BCUT2D eigenvalue weighted by Crippen LogP contribution is 2.46. The molecule has 7 heteroatoms. The average molecular weight is 317 g/mol. The second-order valence-corrected chi connectivity index (χ2v) is 6.47. The number of aromatic nitrogens is 1. The van der Waals surface area contributed by atoms with E-state index < -0.39 is 0 Å². The largest absolute Gasteiger partial charge is 0.497 e. The first-order valence-corrected chi connectivity index (χ1v) is 7.72. The van der Waals surface area contributed by atoms with E-state index in [9.17, 15) is 10.1 Å². The maximum absolute atomic E-state index is 11.6. The quantitative estimate of drug-likeness (QED) is 0.887. The lowest BCUT2D eigenvalue weighted by Crippen LogP contribution is -2.13. The van der Waals surface area contributed by atoms with Crippen LogP contribution in [0.3, 0.4) is 0 Å². The smallest absolute Gasteiger partial charge is 0.305 e. The van der Waals surface area contributed by atoms with E-state index in [-0.39, 0.29) is 10.8 Å². The van der Waals surface area contributed by atoms with E-state index in [1.165, 1.54) is 11.8 Å². The molecule has 0 radical (unpaired) electrons. The van der Waals surface area contributed by atoms with E-state index in [1.54, 1.807) is 7.11 Å². The normalized spacial score (nSPS) is 17.2. The summed E-state index contributed by atoms with van der Waals surface area (Å²) in [6.07, 6.45) is 0. The minimum Gasteiger partial charge on any atom is -0.497 e. The van der Waals surface area contributed by atoms with Crippen molar-refractivity contribution in [2.24, 2.45) is 5.73 Å². The first-order chi connectivity index (χ1) is 10.1. The second kappa shape index (κ2) is 5.31. The zero-order valence-electron chi connectivity index (χ0n) is 11.0. The van der Waals surface area contributed by atoms with Crippen LogP contribution >= 0.6 is 23.1 Å².